The van der Waals surface area contributed by atoms with E-state index in [2.05, 4.69) is 19.9 Å². The minimum absolute atomic E-state index is 0.0187. The van der Waals surface area contributed by atoms with Gasteiger partial charge in [0.15, 0.2) is 0 Å². The molecule has 0 aliphatic heterocycles. The average Bonchev–Trinajstić information content (AvgIpc) is 2.94. The number of rotatable bonds is 1. The molecule has 28 heavy (non-hydrogen) atoms. The van der Waals surface area contributed by atoms with Crippen molar-refractivity contribution in [2.75, 3.05) is 0 Å². The minimum Gasteiger partial charge on any atom is -0.388 e. The molecule has 7 atom stereocenters. The molecule has 4 aliphatic rings. The minimum atomic E-state index is -0.347. The van der Waals surface area contributed by atoms with Gasteiger partial charge < -0.3 is 5.11 Å². The van der Waals surface area contributed by atoms with Crippen molar-refractivity contribution < 1.29 is 9.50 Å². The molecule has 5 rings (SSSR count). The summed E-state index contributed by atoms with van der Waals surface area (Å²) in [7, 11) is 0. The van der Waals surface area contributed by atoms with Gasteiger partial charge in [-0.25, -0.2) is 4.39 Å². The molecular weight excluding hydrogens is 347 g/mol. The topological polar surface area (TPSA) is 20.2 Å². The monoisotopic (exact) mass is 382 g/mol. The molecule has 0 bridgehead atoms. The van der Waals surface area contributed by atoms with Crippen molar-refractivity contribution in [2.45, 2.75) is 77.7 Å². The van der Waals surface area contributed by atoms with Gasteiger partial charge in [0.05, 0.1) is 6.10 Å². The van der Waals surface area contributed by atoms with Crippen molar-refractivity contribution in [2.24, 2.45) is 34.5 Å². The van der Waals surface area contributed by atoms with Crippen LogP contribution >= 0.6 is 0 Å². The van der Waals surface area contributed by atoms with E-state index in [0.717, 1.165) is 36.2 Å². The van der Waals surface area contributed by atoms with Gasteiger partial charge in [0, 0.05) is 5.41 Å². The van der Waals surface area contributed by atoms with E-state index in [4.69, 9.17) is 0 Å². The lowest BCUT2D eigenvalue weighted by molar-refractivity contribution is -0.119. The summed E-state index contributed by atoms with van der Waals surface area (Å²) < 4.78 is 13.3. The molecule has 0 aromatic heterocycles. The van der Waals surface area contributed by atoms with E-state index in [1.807, 2.05) is 12.1 Å². The van der Waals surface area contributed by atoms with Crippen LogP contribution in [0, 0.1) is 40.3 Å². The molecule has 152 valence electrons. The van der Waals surface area contributed by atoms with Crippen LogP contribution in [0.25, 0.3) is 6.08 Å². The van der Waals surface area contributed by atoms with Crippen molar-refractivity contribution in [3.8, 4) is 0 Å². The summed E-state index contributed by atoms with van der Waals surface area (Å²) in [5.74, 6) is 2.96. The second kappa shape index (κ2) is 6.69. The molecule has 0 saturated heterocycles. The SMILES string of the molecule is C[C@@]12CCC3C(CCC4CCCC[C@]43C)C1C/C(=C\c1ccc(F)cc1)C2O. The average molecular weight is 383 g/mol. The Morgan fingerprint density at radius 2 is 1.71 bits per heavy atom. The van der Waals surface area contributed by atoms with Crippen molar-refractivity contribution >= 4 is 6.08 Å². The first kappa shape index (κ1) is 18.9. The number of aliphatic hydroxyl groups is 1. The quantitative estimate of drug-likeness (QED) is 0.579. The third-order valence-corrected chi connectivity index (χ3v) is 9.67. The zero-order valence-corrected chi connectivity index (χ0v) is 17.5. The van der Waals surface area contributed by atoms with Crippen LogP contribution in [0.2, 0.25) is 0 Å². The summed E-state index contributed by atoms with van der Waals surface area (Å²) in [5, 5.41) is 11.3. The number of aliphatic hydroxyl groups excluding tert-OH is 1. The molecule has 0 spiro atoms. The highest BCUT2D eigenvalue weighted by molar-refractivity contribution is 5.55. The second-order valence-electron chi connectivity index (χ2n) is 10.8. The molecule has 4 saturated carbocycles. The molecular formula is C26H35FO. The van der Waals surface area contributed by atoms with Crippen LogP contribution in [0.4, 0.5) is 4.39 Å². The van der Waals surface area contributed by atoms with E-state index in [9.17, 15) is 9.50 Å². The standard InChI is InChI=1S/C26H35FO/c1-25-13-4-3-5-19(25)8-11-21-22(25)12-14-26(2)23(21)16-18(24(26)28)15-17-6-9-20(27)10-7-17/h6-7,9-10,15,19,21-24,28H,3-5,8,11-14,16H2,1-2H3/b18-15+/t19?,21?,22?,23?,24?,25-,26-/m1/s1. The largest absolute Gasteiger partial charge is 0.388 e. The maximum atomic E-state index is 13.3. The van der Waals surface area contributed by atoms with Crippen LogP contribution in [-0.4, -0.2) is 11.2 Å². The normalized spacial score (nSPS) is 46.7. The third kappa shape index (κ3) is 2.74. The Bertz CT molecular complexity index is 767. The van der Waals surface area contributed by atoms with Gasteiger partial charge in [-0.2, -0.15) is 0 Å². The molecule has 2 heteroatoms. The maximum Gasteiger partial charge on any atom is 0.123 e. The van der Waals surface area contributed by atoms with Gasteiger partial charge in [-0.1, -0.05) is 44.9 Å². The lowest BCUT2D eigenvalue weighted by Gasteiger charge is -2.60. The van der Waals surface area contributed by atoms with Gasteiger partial charge >= 0.3 is 0 Å². The summed E-state index contributed by atoms with van der Waals surface area (Å²) in [6, 6.07) is 6.69. The van der Waals surface area contributed by atoms with E-state index in [-0.39, 0.29) is 17.3 Å². The van der Waals surface area contributed by atoms with Gasteiger partial charge in [0.2, 0.25) is 0 Å². The van der Waals surface area contributed by atoms with Crippen molar-refractivity contribution in [1.29, 1.82) is 0 Å². The fourth-order valence-corrected chi connectivity index (χ4v) is 8.07. The number of hydrogen-bond acceptors (Lipinski definition) is 1. The van der Waals surface area contributed by atoms with Gasteiger partial charge in [-0.05, 0) is 97.3 Å². The summed E-state index contributed by atoms with van der Waals surface area (Å²) in [5.41, 5.74) is 2.75. The molecule has 4 fully saturated rings. The van der Waals surface area contributed by atoms with E-state index < -0.39 is 0 Å². The Labute approximate surface area is 169 Å². The van der Waals surface area contributed by atoms with Crippen molar-refractivity contribution in [3.05, 3.63) is 41.2 Å². The van der Waals surface area contributed by atoms with Crippen molar-refractivity contribution in [1.82, 2.24) is 0 Å². The molecule has 1 aromatic carbocycles. The first-order chi connectivity index (χ1) is 13.4. The fourth-order valence-electron chi connectivity index (χ4n) is 8.07. The lowest BCUT2D eigenvalue weighted by Crippen LogP contribution is -2.53. The first-order valence-electron chi connectivity index (χ1n) is 11.6. The Kier molecular flexibility index (Phi) is 4.50. The van der Waals surface area contributed by atoms with Gasteiger partial charge in [-0.15, -0.1) is 0 Å². The fraction of sp³-hybridized carbons (Fsp3) is 0.692. The Morgan fingerprint density at radius 3 is 2.50 bits per heavy atom. The third-order valence-electron chi connectivity index (χ3n) is 9.67. The van der Waals surface area contributed by atoms with Crippen LogP contribution in [0.15, 0.2) is 29.8 Å². The zero-order chi connectivity index (χ0) is 19.5. The predicted octanol–water partition coefficient (Wildman–Crippen LogP) is 6.61. The number of fused-ring (bicyclic) bond motifs is 5. The van der Waals surface area contributed by atoms with Crippen LogP contribution in [0.5, 0.6) is 0 Å². The van der Waals surface area contributed by atoms with E-state index in [0.29, 0.717) is 11.3 Å². The lowest BCUT2D eigenvalue weighted by atomic mass is 9.45. The van der Waals surface area contributed by atoms with E-state index in [1.54, 1.807) is 0 Å². The van der Waals surface area contributed by atoms with Crippen LogP contribution < -0.4 is 0 Å². The number of hydrogen-bond donors (Lipinski definition) is 1. The highest BCUT2D eigenvalue weighted by atomic mass is 19.1. The predicted molar refractivity (Wildman–Crippen MR) is 112 cm³/mol. The smallest absolute Gasteiger partial charge is 0.123 e. The van der Waals surface area contributed by atoms with Crippen LogP contribution in [-0.2, 0) is 0 Å². The Balaban J connectivity index is 1.45. The van der Waals surface area contributed by atoms with Crippen LogP contribution in [0.3, 0.4) is 0 Å². The summed E-state index contributed by atoms with van der Waals surface area (Å²) in [4.78, 5) is 0. The number of benzene rings is 1. The molecule has 0 heterocycles. The van der Waals surface area contributed by atoms with E-state index >= 15 is 0 Å². The van der Waals surface area contributed by atoms with Gasteiger partial charge in [-0.3, -0.25) is 0 Å². The molecule has 4 aliphatic carbocycles. The summed E-state index contributed by atoms with van der Waals surface area (Å²) in [6.45, 7) is 4.95. The number of halogens is 1. The zero-order valence-electron chi connectivity index (χ0n) is 17.5. The summed E-state index contributed by atoms with van der Waals surface area (Å²) in [6.07, 6.45) is 13.7. The molecule has 1 nitrogen and oxygen atoms in total. The Hall–Kier alpha value is -1.15. The molecule has 0 radical (unpaired) electrons. The molecule has 5 unspecified atom stereocenters. The van der Waals surface area contributed by atoms with Gasteiger partial charge in [0.25, 0.3) is 0 Å². The van der Waals surface area contributed by atoms with E-state index in [1.165, 1.54) is 62.7 Å². The van der Waals surface area contributed by atoms with Crippen molar-refractivity contribution in [3.63, 3.8) is 0 Å². The second-order valence-corrected chi connectivity index (χ2v) is 10.8. The Morgan fingerprint density at radius 1 is 0.929 bits per heavy atom. The molecule has 1 aromatic rings. The van der Waals surface area contributed by atoms with Gasteiger partial charge in [0.1, 0.15) is 5.82 Å². The molecule has 0 amide bonds. The highest BCUT2D eigenvalue weighted by Gasteiger charge is 2.60. The molecule has 1 N–H and O–H groups in total. The highest BCUT2D eigenvalue weighted by Crippen LogP contribution is 2.67. The first-order valence-corrected chi connectivity index (χ1v) is 11.6. The van der Waals surface area contributed by atoms with Crippen LogP contribution in [0.1, 0.15) is 77.2 Å². The summed E-state index contributed by atoms with van der Waals surface area (Å²) >= 11 is 0. The maximum absolute atomic E-state index is 13.3.